The molecule has 3 rings (SSSR count). The molecule has 0 aliphatic rings. The number of carbonyl (C=O) groups is 1. The van der Waals surface area contributed by atoms with Gasteiger partial charge in [0.25, 0.3) is 0 Å². The van der Waals surface area contributed by atoms with Gasteiger partial charge in [-0.3, -0.25) is 23.5 Å². The van der Waals surface area contributed by atoms with Crippen molar-refractivity contribution in [3.05, 3.63) is 98.1 Å². The number of aryl methyl sites for hydroxylation is 2. The minimum Gasteiger partial charge on any atom is -0.350 e. The topological polar surface area (TPSA) is 73.1 Å². The number of carbonyl (C=O) groups excluding carboxylic acids is 1. The van der Waals surface area contributed by atoms with Crippen molar-refractivity contribution in [1.82, 2.24) is 14.5 Å². The Labute approximate surface area is 160 Å². The number of hydrogen-bond donors (Lipinski definition) is 1. The number of amides is 1. The highest BCUT2D eigenvalue weighted by atomic mass is 19.1. The number of nitrogens with one attached hydrogen (secondary N) is 1. The fourth-order valence-corrected chi connectivity index (χ4v) is 2.90. The second-order valence-corrected chi connectivity index (χ2v) is 6.60. The van der Waals surface area contributed by atoms with Gasteiger partial charge in [-0.1, -0.05) is 35.9 Å². The Morgan fingerprint density at radius 2 is 1.82 bits per heavy atom. The predicted molar refractivity (Wildman–Crippen MR) is 104 cm³/mol. The Balaban J connectivity index is 1.77. The molecular formula is C21H20FN3O3. The van der Waals surface area contributed by atoms with Crippen LogP contribution >= 0.6 is 0 Å². The molecule has 6 nitrogen and oxygen atoms in total. The van der Waals surface area contributed by atoms with Crippen LogP contribution in [0.25, 0.3) is 5.69 Å². The molecule has 0 aliphatic heterocycles. The fourth-order valence-electron chi connectivity index (χ4n) is 2.90. The van der Waals surface area contributed by atoms with Gasteiger partial charge in [-0.15, -0.1) is 0 Å². The van der Waals surface area contributed by atoms with Gasteiger partial charge in [-0.25, -0.2) is 4.39 Å². The van der Waals surface area contributed by atoms with Gasteiger partial charge in [0.05, 0.1) is 5.69 Å². The number of hydrogen-bond acceptors (Lipinski definition) is 3. The van der Waals surface area contributed by atoms with E-state index in [1.165, 1.54) is 30.6 Å². The molecular weight excluding hydrogens is 361 g/mol. The van der Waals surface area contributed by atoms with E-state index in [4.69, 9.17) is 0 Å². The maximum absolute atomic E-state index is 13.5. The van der Waals surface area contributed by atoms with Gasteiger partial charge >= 0.3 is 11.1 Å². The van der Waals surface area contributed by atoms with E-state index in [2.05, 4.69) is 5.32 Å². The van der Waals surface area contributed by atoms with Crippen molar-refractivity contribution in [1.29, 1.82) is 0 Å². The number of aromatic nitrogens is 2. The largest absolute Gasteiger partial charge is 0.350 e. The summed E-state index contributed by atoms with van der Waals surface area (Å²) < 4.78 is 15.6. The second kappa shape index (κ2) is 8.04. The van der Waals surface area contributed by atoms with Crippen molar-refractivity contribution < 1.29 is 9.18 Å². The van der Waals surface area contributed by atoms with Crippen molar-refractivity contribution in [2.45, 2.75) is 26.9 Å². The smallest absolute Gasteiger partial charge is 0.320 e. The van der Waals surface area contributed by atoms with Crippen LogP contribution in [0.15, 0.2) is 64.4 Å². The highest BCUT2D eigenvalue weighted by Gasteiger charge is 2.12. The van der Waals surface area contributed by atoms with Crippen LogP contribution in [0.5, 0.6) is 0 Å². The molecule has 0 unspecified atom stereocenters. The van der Waals surface area contributed by atoms with E-state index in [0.29, 0.717) is 12.1 Å². The van der Waals surface area contributed by atoms with Crippen LogP contribution in [0.4, 0.5) is 4.39 Å². The first kappa shape index (κ1) is 19.3. The van der Waals surface area contributed by atoms with Crippen molar-refractivity contribution >= 4 is 5.91 Å². The molecule has 0 atom stereocenters. The Bertz CT molecular complexity index is 1150. The van der Waals surface area contributed by atoms with E-state index in [1.54, 1.807) is 6.92 Å². The average Bonchev–Trinajstić information content (AvgIpc) is 2.66. The van der Waals surface area contributed by atoms with Crippen molar-refractivity contribution in [3.63, 3.8) is 0 Å². The van der Waals surface area contributed by atoms with Gasteiger partial charge in [0, 0.05) is 18.9 Å². The summed E-state index contributed by atoms with van der Waals surface area (Å²) >= 11 is 0. The van der Waals surface area contributed by atoms with Crippen molar-refractivity contribution in [3.8, 4) is 5.69 Å². The van der Waals surface area contributed by atoms with Crippen LogP contribution in [0.1, 0.15) is 16.7 Å². The van der Waals surface area contributed by atoms with Crippen molar-refractivity contribution in [2.24, 2.45) is 0 Å². The number of benzene rings is 2. The molecule has 1 amide bonds. The van der Waals surface area contributed by atoms with Gasteiger partial charge in [-0.05, 0) is 37.1 Å². The van der Waals surface area contributed by atoms with Crippen LogP contribution in [-0.2, 0) is 17.9 Å². The van der Waals surface area contributed by atoms with E-state index in [1.807, 2.05) is 31.2 Å². The molecule has 7 heteroatoms. The molecule has 3 aromatic rings. The third-order valence-electron chi connectivity index (χ3n) is 4.38. The fraction of sp³-hybridized carbons (Fsp3) is 0.190. The van der Waals surface area contributed by atoms with Crippen LogP contribution in [0, 0.1) is 19.7 Å². The molecule has 1 aromatic heterocycles. The molecule has 0 fully saturated rings. The molecule has 0 spiro atoms. The molecule has 144 valence electrons. The van der Waals surface area contributed by atoms with Crippen LogP contribution < -0.4 is 16.4 Å². The first-order chi connectivity index (χ1) is 13.3. The number of halogens is 1. The Hall–Kier alpha value is -3.48. The van der Waals surface area contributed by atoms with Gasteiger partial charge < -0.3 is 5.32 Å². The standard InChI is InChI=1S/C21H20FN3O3/c1-14-4-3-5-16(10-14)12-23-19(26)13-24-8-9-25(21(28)20(24)27)18-11-17(22)7-6-15(18)2/h3-11H,12-13H2,1-2H3,(H,23,26). The summed E-state index contributed by atoms with van der Waals surface area (Å²) in [6.07, 6.45) is 2.71. The van der Waals surface area contributed by atoms with E-state index < -0.39 is 16.9 Å². The highest BCUT2D eigenvalue weighted by molar-refractivity contribution is 5.75. The molecule has 28 heavy (non-hydrogen) atoms. The Kier molecular flexibility index (Phi) is 5.54. The maximum Gasteiger partial charge on any atom is 0.320 e. The summed E-state index contributed by atoms with van der Waals surface area (Å²) in [5, 5.41) is 2.73. The van der Waals surface area contributed by atoms with E-state index >= 15 is 0 Å². The zero-order valence-corrected chi connectivity index (χ0v) is 15.6. The Morgan fingerprint density at radius 1 is 1.04 bits per heavy atom. The molecule has 0 radical (unpaired) electrons. The SMILES string of the molecule is Cc1cccc(CNC(=O)Cn2ccn(-c3cc(F)ccc3C)c(=O)c2=O)c1. The first-order valence-electron chi connectivity index (χ1n) is 8.76. The summed E-state index contributed by atoms with van der Waals surface area (Å²) in [6, 6.07) is 11.7. The third kappa shape index (κ3) is 4.25. The summed E-state index contributed by atoms with van der Waals surface area (Å²) in [6.45, 7) is 3.73. The van der Waals surface area contributed by atoms with Gasteiger partial charge in [-0.2, -0.15) is 0 Å². The van der Waals surface area contributed by atoms with E-state index in [-0.39, 0.29) is 18.1 Å². The van der Waals surface area contributed by atoms with E-state index in [9.17, 15) is 18.8 Å². The molecule has 0 bridgehead atoms. The second-order valence-electron chi connectivity index (χ2n) is 6.60. The lowest BCUT2D eigenvalue weighted by molar-refractivity contribution is -0.121. The quantitative estimate of drug-likeness (QED) is 0.688. The molecule has 0 saturated heterocycles. The summed E-state index contributed by atoms with van der Waals surface area (Å²) in [5.74, 6) is -0.894. The van der Waals surface area contributed by atoms with Crippen molar-refractivity contribution in [2.75, 3.05) is 0 Å². The van der Waals surface area contributed by atoms with Crippen LogP contribution in [-0.4, -0.2) is 15.0 Å². The molecule has 0 saturated carbocycles. The third-order valence-corrected chi connectivity index (χ3v) is 4.38. The lowest BCUT2D eigenvalue weighted by Gasteiger charge is -2.11. The van der Waals surface area contributed by atoms with Gasteiger partial charge in [0.15, 0.2) is 0 Å². The number of nitrogens with zero attached hydrogens (tertiary/aromatic N) is 2. The minimum absolute atomic E-state index is 0.275. The highest BCUT2D eigenvalue weighted by Crippen LogP contribution is 2.13. The lowest BCUT2D eigenvalue weighted by Crippen LogP contribution is -2.42. The molecule has 2 aromatic carbocycles. The predicted octanol–water partition coefficient (Wildman–Crippen LogP) is 2.07. The van der Waals surface area contributed by atoms with Gasteiger partial charge in [0.2, 0.25) is 5.91 Å². The molecule has 0 aliphatic carbocycles. The van der Waals surface area contributed by atoms with E-state index in [0.717, 1.165) is 20.3 Å². The number of rotatable bonds is 5. The zero-order chi connectivity index (χ0) is 20.3. The molecule has 1 heterocycles. The monoisotopic (exact) mass is 381 g/mol. The maximum atomic E-state index is 13.5. The normalized spacial score (nSPS) is 10.7. The Morgan fingerprint density at radius 3 is 2.57 bits per heavy atom. The summed E-state index contributed by atoms with van der Waals surface area (Å²) in [7, 11) is 0. The lowest BCUT2D eigenvalue weighted by atomic mass is 10.1. The minimum atomic E-state index is -0.850. The molecule has 1 N–H and O–H groups in total. The van der Waals surface area contributed by atoms with Crippen LogP contribution in [0.2, 0.25) is 0 Å². The average molecular weight is 381 g/mol. The first-order valence-corrected chi connectivity index (χ1v) is 8.76. The van der Waals surface area contributed by atoms with Crippen LogP contribution in [0.3, 0.4) is 0 Å². The zero-order valence-electron chi connectivity index (χ0n) is 15.6. The summed E-state index contributed by atoms with van der Waals surface area (Å²) in [5.41, 5.74) is 1.27. The van der Waals surface area contributed by atoms with Gasteiger partial charge in [0.1, 0.15) is 12.4 Å². The summed E-state index contributed by atoms with van der Waals surface area (Å²) in [4.78, 5) is 37.0.